The van der Waals surface area contributed by atoms with Gasteiger partial charge in [-0.25, -0.2) is 0 Å². The van der Waals surface area contributed by atoms with Crippen LogP contribution in [0.3, 0.4) is 0 Å². The number of benzene rings is 3. The molecule has 3 aliphatic rings. The number of aryl methyl sites for hydroxylation is 6. The van der Waals surface area contributed by atoms with E-state index in [1.165, 1.54) is 120 Å². The second-order valence-electron chi connectivity index (χ2n) is 14.5. The van der Waals surface area contributed by atoms with E-state index in [4.69, 9.17) is 0 Å². The molecule has 6 rings (SSSR count). The van der Waals surface area contributed by atoms with Gasteiger partial charge in [0, 0.05) is 12.8 Å². The summed E-state index contributed by atoms with van der Waals surface area (Å²) < 4.78 is 0. The van der Waals surface area contributed by atoms with Gasteiger partial charge in [-0.05, 0) is 140 Å². The second-order valence-corrected chi connectivity index (χ2v) is 17.1. The van der Waals surface area contributed by atoms with E-state index in [0.717, 1.165) is 12.8 Å². The average Bonchev–Trinajstić information content (AvgIpc) is 2.97. The Morgan fingerprint density at radius 2 is 0.930 bits per heavy atom. The van der Waals surface area contributed by atoms with Crippen molar-refractivity contribution in [2.45, 2.75) is 130 Å². The molecular formula is C41H53OP. The Morgan fingerprint density at radius 1 is 0.558 bits per heavy atom. The van der Waals surface area contributed by atoms with E-state index in [2.05, 4.69) is 84.0 Å². The second kappa shape index (κ2) is 13.0. The Hall–Kier alpha value is -2.24. The fourth-order valence-electron chi connectivity index (χ4n) is 9.58. The van der Waals surface area contributed by atoms with E-state index in [9.17, 15) is 4.79 Å². The van der Waals surface area contributed by atoms with Crippen LogP contribution >= 0.6 is 7.92 Å². The highest BCUT2D eigenvalue weighted by Crippen LogP contribution is 2.62. The van der Waals surface area contributed by atoms with Crippen molar-refractivity contribution in [2.75, 3.05) is 0 Å². The molecule has 0 spiro atoms. The van der Waals surface area contributed by atoms with Crippen LogP contribution in [-0.4, -0.2) is 17.1 Å². The van der Waals surface area contributed by atoms with Gasteiger partial charge >= 0.3 is 0 Å². The molecule has 43 heavy (non-hydrogen) atoms. The summed E-state index contributed by atoms with van der Waals surface area (Å²) in [5, 5.41) is 1.64. The van der Waals surface area contributed by atoms with E-state index >= 15 is 0 Å². The molecule has 3 aromatic carbocycles. The van der Waals surface area contributed by atoms with Gasteiger partial charge in [-0.15, -0.1) is 0 Å². The standard InChI is InChI=1S/C41H53OP/c1-26-20-28(3)39(29(4)21-26)35-18-13-19-36(40-30(5)22-27(2)23-31(40)6)41(35)43-37(32-14-9-7-10-15-32)24-34(42)25-38(43)33-16-11-8-12-17-33/h13,18-23,32-33,37-38H,7-12,14-17,24-25H2,1-6H3. The summed E-state index contributed by atoms with van der Waals surface area (Å²) in [5.41, 5.74) is 15.1. The lowest BCUT2D eigenvalue weighted by Gasteiger charge is -2.48. The lowest BCUT2D eigenvalue weighted by molar-refractivity contribution is -0.119. The van der Waals surface area contributed by atoms with Crippen LogP contribution in [0, 0.1) is 53.4 Å². The highest BCUT2D eigenvalue weighted by molar-refractivity contribution is 7.68. The number of carbonyl (C=O) groups excluding carboxylic acids is 1. The summed E-state index contributed by atoms with van der Waals surface area (Å²) in [7, 11) is -0.541. The smallest absolute Gasteiger partial charge is 0.134 e. The molecule has 2 atom stereocenters. The minimum atomic E-state index is -0.541. The summed E-state index contributed by atoms with van der Waals surface area (Å²) in [6, 6.07) is 16.8. The van der Waals surface area contributed by atoms with Crippen LogP contribution < -0.4 is 5.30 Å². The molecule has 2 heteroatoms. The first-order chi connectivity index (χ1) is 20.7. The van der Waals surface area contributed by atoms with Gasteiger partial charge in [0.1, 0.15) is 5.78 Å². The SMILES string of the molecule is Cc1cc(C)c(-c2cccc(-c3c(C)cc(C)cc3C)c2P2C(C3CCCCC3)CC(=O)CC2C2CCCCC2)c(C)c1. The van der Waals surface area contributed by atoms with Crippen LogP contribution in [0.5, 0.6) is 0 Å². The van der Waals surface area contributed by atoms with E-state index in [0.29, 0.717) is 28.9 Å². The molecule has 3 fully saturated rings. The molecule has 2 unspecified atom stereocenters. The van der Waals surface area contributed by atoms with Crippen molar-refractivity contribution >= 4 is 19.0 Å². The lowest BCUT2D eigenvalue weighted by Crippen LogP contribution is -2.41. The van der Waals surface area contributed by atoms with Crippen LogP contribution in [0.15, 0.2) is 42.5 Å². The molecule has 0 bridgehead atoms. The predicted octanol–water partition coefficient (Wildman–Crippen LogP) is 11.2. The third-order valence-corrected chi connectivity index (χ3v) is 14.8. The number of carbonyl (C=O) groups is 1. The Bertz CT molecular complexity index is 1330. The summed E-state index contributed by atoms with van der Waals surface area (Å²) in [5.74, 6) is 1.95. The van der Waals surface area contributed by atoms with Gasteiger partial charge in [-0.3, -0.25) is 4.79 Å². The van der Waals surface area contributed by atoms with Crippen LogP contribution in [0.4, 0.5) is 0 Å². The van der Waals surface area contributed by atoms with Gasteiger partial charge < -0.3 is 0 Å². The summed E-state index contributed by atoms with van der Waals surface area (Å²) in [6.45, 7) is 13.8. The van der Waals surface area contributed by atoms with E-state index in [1.54, 1.807) is 5.30 Å². The molecule has 1 saturated heterocycles. The van der Waals surface area contributed by atoms with Gasteiger partial charge in [0.2, 0.25) is 0 Å². The molecule has 1 heterocycles. The minimum Gasteiger partial charge on any atom is -0.300 e. The fourth-order valence-corrected chi connectivity index (χ4v) is 14.0. The zero-order chi connectivity index (χ0) is 30.2. The van der Waals surface area contributed by atoms with Crippen LogP contribution in [0.25, 0.3) is 22.3 Å². The Kier molecular flexibility index (Phi) is 9.31. The maximum Gasteiger partial charge on any atom is 0.134 e. The quantitative estimate of drug-likeness (QED) is 0.269. The molecule has 0 amide bonds. The van der Waals surface area contributed by atoms with Gasteiger partial charge in [0.25, 0.3) is 0 Å². The number of Topliss-reactive ketones (excluding diaryl/α,β-unsaturated/α-hetero) is 1. The Labute approximate surface area is 263 Å². The average molecular weight is 593 g/mol. The normalized spacial score (nSPS) is 24.0. The first-order valence-electron chi connectivity index (χ1n) is 17.3. The van der Waals surface area contributed by atoms with Crippen LogP contribution in [0.2, 0.25) is 0 Å². The predicted molar refractivity (Wildman–Crippen MR) is 187 cm³/mol. The largest absolute Gasteiger partial charge is 0.300 e. The third kappa shape index (κ3) is 6.18. The van der Waals surface area contributed by atoms with Crippen molar-refractivity contribution in [3.05, 3.63) is 75.8 Å². The Balaban J connectivity index is 1.66. The molecule has 0 N–H and O–H groups in total. The molecule has 1 nitrogen and oxygen atoms in total. The molecule has 0 aromatic heterocycles. The van der Waals surface area contributed by atoms with Crippen LogP contribution in [0.1, 0.15) is 110 Å². The number of rotatable bonds is 5. The number of hydrogen-bond donors (Lipinski definition) is 0. The lowest BCUT2D eigenvalue weighted by atomic mass is 9.82. The summed E-state index contributed by atoms with van der Waals surface area (Å²) in [4.78, 5) is 13.8. The van der Waals surface area contributed by atoms with Gasteiger partial charge in [0.15, 0.2) is 0 Å². The van der Waals surface area contributed by atoms with E-state index < -0.39 is 7.92 Å². The van der Waals surface area contributed by atoms with Crippen molar-refractivity contribution in [3.63, 3.8) is 0 Å². The molecular weight excluding hydrogens is 539 g/mol. The molecule has 3 aromatic rings. The molecule has 0 radical (unpaired) electrons. The molecule has 2 saturated carbocycles. The maximum absolute atomic E-state index is 13.8. The zero-order valence-corrected chi connectivity index (χ0v) is 28.6. The topological polar surface area (TPSA) is 17.1 Å². The number of ketones is 1. The first kappa shape index (κ1) is 30.8. The highest BCUT2D eigenvalue weighted by Gasteiger charge is 2.46. The minimum absolute atomic E-state index is 0.514. The first-order valence-corrected chi connectivity index (χ1v) is 18.8. The van der Waals surface area contributed by atoms with Crippen molar-refractivity contribution < 1.29 is 4.79 Å². The molecule has 1 aliphatic heterocycles. The van der Waals surface area contributed by atoms with Crippen molar-refractivity contribution in [1.29, 1.82) is 0 Å². The van der Waals surface area contributed by atoms with Crippen molar-refractivity contribution in [3.8, 4) is 22.3 Å². The Morgan fingerprint density at radius 3 is 1.30 bits per heavy atom. The molecule has 228 valence electrons. The van der Waals surface area contributed by atoms with Crippen molar-refractivity contribution in [1.82, 2.24) is 0 Å². The maximum atomic E-state index is 13.8. The number of hydrogen-bond acceptors (Lipinski definition) is 1. The zero-order valence-electron chi connectivity index (χ0n) is 27.7. The fraction of sp³-hybridized carbons (Fsp3) is 0.537. The summed E-state index contributed by atoms with van der Waals surface area (Å²) in [6.07, 6.45) is 15.0. The van der Waals surface area contributed by atoms with Gasteiger partial charge in [0.05, 0.1) is 0 Å². The van der Waals surface area contributed by atoms with Gasteiger partial charge in [-0.1, -0.05) is 100 Å². The van der Waals surface area contributed by atoms with Crippen molar-refractivity contribution in [2.24, 2.45) is 11.8 Å². The highest BCUT2D eigenvalue weighted by atomic mass is 31.1. The molecule has 2 aliphatic carbocycles. The monoisotopic (exact) mass is 592 g/mol. The van der Waals surface area contributed by atoms with E-state index in [1.807, 2.05) is 0 Å². The third-order valence-electron chi connectivity index (χ3n) is 11.2. The van der Waals surface area contributed by atoms with E-state index in [-0.39, 0.29) is 0 Å². The van der Waals surface area contributed by atoms with Crippen LogP contribution in [-0.2, 0) is 4.79 Å². The summed E-state index contributed by atoms with van der Waals surface area (Å²) >= 11 is 0. The van der Waals surface area contributed by atoms with Gasteiger partial charge in [-0.2, -0.15) is 0 Å².